The zero-order valence-electron chi connectivity index (χ0n) is 15.9. The Labute approximate surface area is 165 Å². The minimum absolute atomic E-state index is 0.648. The number of piperazine rings is 1. The number of anilines is 2. The standard InChI is InChI=1S/C20H25N3O3S/c1-24-17-9-5-4-8-16(17)22-11-13-23(14-12-22)20(27)21-15-7-6-10-18(25-2)19(15)26-3/h4-10H,11-14H2,1-3H3,(H,21,27). The first-order chi connectivity index (χ1) is 13.2. The third-order valence-corrected chi connectivity index (χ3v) is 5.00. The molecule has 0 atom stereocenters. The van der Waals surface area contributed by atoms with Crippen molar-refractivity contribution < 1.29 is 14.2 Å². The fourth-order valence-electron chi connectivity index (χ4n) is 3.22. The fraction of sp³-hybridized carbons (Fsp3) is 0.350. The van der Waals surface area contributed by atoms with Crippen molar-refractivity contribution >= 4 is 28.7 Å². The summed E-state index contributed by atoms with van der Waals surface area (Å²) in [5.74, 6) is 2.22. The Bertz CT molecular complexity index is 792. The normalized spacial score (nSPS) is 13.9. The van der Waals surface area contributed by atoms with E-state index in [9.17, 15) is 0 Å². The van der Waals surface area contributed by atoms with Crippen LogP contribution in [0.1, 0.15) is 0 Å². The Morgan fingerprint density at radius 1 is 0.852 bits per heavy atom. The first-order valence-electron chi connectivity index (χ1n) is 8.82. The van der Waals surface area contributed by atoms with Crippen molar-refractivity contribution in [1.82, 2.24) is 4.90 Å². The molecule has 1 heterocycles. The first kappa shape index (κ1) is 19.1. The molecule has 0 unspecified atom stereocenters. The lowest BCUT2D eigenvalue weighted by Crippen LogP contribution is -2.50. The van der Waals surface area contributed by atoms with Crippen LogP contribution in [0.3, 0.4) is 0 Å². The Balaban J connectivity index is 1.64. The van der Waals surface area contributed by atoms with Gasteiger partial charge in [0.25, 0.3) is 0 Å². The van der Waals surface area contributed by atoms with E-state index in [1.807, 2.05) is 36.4 Å². The Morgan fingerprint density at radius 2 is 1.52 bits per heavy atom. The highest BCUT2D eigenvalue weighted by Crippen LogP contribution is 2.35. The summed E-state index contributed by atoms with van der Waals surface area (Å²) in [6.07, 6.45) is 0. The largest absolute Gasteiger partial charge is 0.495 e. The number of benzene rings is 2. The molecule has 0 aromatic heterocycles. The topological polar surface area (TPSA) is 46.2 Å². The van der Waals surface area contributed by atoms with Gasteiger partial charge in [-0.2, -0.15) is 0 Å². The van der Waals surface area contributed by atoms with Crippen molar-refractivity contribution in [2.24, 2.45) is 0 Å². The number of nitrogens with zero attached hydrogens (tertiary/aromatic N) is 2. The summed E-state index contributed by atoms with van der Waals surface area (Å²) in [4.78, 5) is 4.49. The van der Waals surface area contributed by atoms with E-state index in [0.29, 0.717) is 16.6 Å². The lowest BCUT2D eigenvalue weighted by molar-refractivity contribution is 0.356. The Kier molecular flexibility index (Phi) is 6.24. The molecule has 7 heteroatoms. The molecule has 1 saturated heterocycles. The zero-order chi connectivity index (χ0) is 19.2. The van der Waals surface area contributed by atoms with Crippen LogP contribution in [0.4, 0.5) is 11.4 Å². The molecule has 0 saturated carbocycles. The van der Waals surface area contributed by atoms with Gasteiger partial charge in [0.1, 0.15) is 5.75 Å². The minimum atomic E-state index is 0.648. The van der Waals surface area contributed by atoms with E-state index in [2.05, 4.69) is 21.2 Å². The summed E-state index contributed by atoms with van der Waals surface area (Å²) >= 11 is 5.62. The average Bonchev–Trinajstić information content (AvgIpc) is 2.73. The SMILES string of the molecule is COc1ccccc1N1CCN(C(=S)Nc2cccc(OC)c2OC)CC1. The number of hydrogen-bond acceptors (Lipinski definition) is 5. The second-order valence-electron chi connectivity index (χ2n) is 6.12. The van der Waals surface area contributed by atoms with Crippen LogP contribution in [-0.2, 0) is 0 Å². The maximum Gasteiger partial charge on any atom is 0.184 e. The lowest BCUT2D eigenvalue weighted by Gasteiger charge is -2.38. The van der Waals surface area contributed by atoms with E-state index in [1.165, 1.54) is 0 Å². The van der Waals surface area contributed by atoms with Gasteiger partial charge in [-0.25, -0.2) is 0 Å². The van der Waals surface area contributed by atoms with Crippen molar-refractivity contribution in [2.75, 3.05) is 57.7 Å². The van der Waals surface area contributed by atoms with Crippen LogP contribution >= 0.6 is 12.2 Å². The number of para-hydroxylation sites is 3. The summed E-state index contributed by atoms with van der Waals surface area (Å²) in [7, 11) is 4.95. The molecular weight excluding hydrogens is 362 g/mol. The molecule has 0 amide bonds. The molecule has 144 valence electrons. The maximum absolute atomic E-state index is 5.62. The van der Waals surface area contributed by atoms with Crippen LogP contribution in [0.25, 0.3) is 0 Å². The monoisotopic (exact) mass is 387 g/mol. The van der Waals surface area contributed by atoms with Crippen LogP contribution in [0.15, 0.2) is 42.5 Å². The van der Waals surface area contributed by atoms with E-state index in [-0.39, 0.29) is 0 Å². The van der Waals surface area contributed by atoms with Crippen molar-refractivity contribution in [3.8, 4) is 17.2 Å². The molecule has 1 N–H and O–H groups in total. The molecular formula is C20H25N3O3S. The quantitative estimate of drug-likeness (QED) is 0.791. The van der Waals surface area contributed by atoms with E-state index in [4.69, 9.17) is 26.4 Å². The second kappa shape index (κ2) is 8.81. The van der Waals surface area contributed by atoms with Crippen LogP contribution in [0, 0.1) is 0 Å². The van der Waals surface area contributed by atoms with Crippen LogP contribution in [0.5, 0.6) is 17.2 Å². The predicted molar refractivity (Wildman–Crippen MR) is 113 cm³/mol. The van der Waals surface area contributed by atoms with E-state index >= 15 is 0 Å². The average molecular weight is 388 g/mol. The fourth-order valence-corrected chi connectivity index (χ4v) is 3.51. The first-order valence-corrected chi connectivity index (χ1v) is 9.23. The van der Waals surface area contributed by atoms with Gasteiger partial charge in [0.05, 0.1) is 32.7 Å². The van der Waals surface area contributed by atoms with Crippen molar-refractivity contribution in [1.29, 1.82) is 0 Å². The van der Waals surface area contributed by atoms with Gasteiger partial charge >= 0.3 is 0 Å². The molecule has 1 aliphatic rings. The highest BCUT2D eigenvalue weighted by molar-refractivity contribution is 7.80. The minimum Gasteiger partial charge on any atom is -0.495 e. The van der Waals surface area contributed by atoms with Gasteiger partial charge in [0.15, 0.2) is 16.6 Å². The van der Waals surface area contributed by atoms with Crippen molar-refractivity contribution in [3.63, 3.8) is 0 Å². The molecule has 2 aromatic carbocycles. The van der Waals surface area contributed by atoms with Crippen LogP contribution in [0.2, 0.25) is 0 Å². The zero-order valence-corrected chi connectivity index (χ0v) is 16.7. The Morgan fingerprint density at radius 3 is 2.19 bits per heavy atom. The smallest absolute Gasteiger partial charge is 0.184 e. The highest BCUT2D eigenvalue weighted by atomic mass is 32.1. The molecule has 27 heavy (non-hydrogen) atoms. The summed E-state index contributed by atoms with van der Waals surface area (Å²) in [5.41, 5.74) is 1.92. The van der Waals surface area contributed by atoms with Crippen LogP contribution < -0.4 is 24.4 Å². The van der Waals surface area contributed by atoms with Gasteiger partial charge in [0.2, 0.25) is 0 Å². The number of nitrogens with one attached hydrogen (secondary N) is 1. The number of thiocarbonyl (C=S) groups is 1. The van der Waals surface area contributed by atoms with Gasteiger partial charge < -0.3 is 29.3 Å². The van der Waals surface area contributed by atoms with Gasteiger partial charge in [0, 0.05) is 26.2 Å². The summed E-state index contributed by atoms with van der Waals surface area (Å²) < 4.78 is 16.3. The van der Waals surface area contributed by atoms with E-state index in [1.54, 1.807) is 21.3 Å². The summed E-state index contributed by atoms with van der Waals surface area (Å²) in [5, 5.41) is 3.97. The number of hydrogen-bond donors (Lipinski definition) is 1. The van der Waals surface area contributed by atoms with Crippen molar-refractivity contribution in [3.05, 3.63) is 42.5 Å². The third kappa shape index (κ3) is 4.19. The molecule has 0 aliphatic carbocycles. The van der Waals surface area contributed by atoms with Gasteiger partial charge in [-0.3, -0.25) is 0 Å². The molecule has 6 nitrogen and oxygen atoms in total. The molecule has 3 rings (SSSR count). The molecule has 0 radical (unpaired) electrons. The van der Waals surface area contributed by atoms with Crippen LogP contribution in [-0.4, -0.2) is 57.5 Å². The van der Waals surface area contributed by atoms with Gasteiger partial charge in [-0.15, -0.1) is 0 Å². The molecule has 1 aliphatic heterocycles. The summed E-state index contributed by atoms with van der Waals surface area (Å²) in [6.45, 7) is 3.40. The molecule has 0 bridgehead atoms. The summed E-state index contributed by atoms with van der Waals surface area (Å²) in [6, 6.07) is 13.8. The van der Waals surface area contributed by atoms with Gasteiger partial charge in [-0.1, -0.05) is 18.2 Å². The number of methoxy groups -OCH3 is 3. The van der Waals surface area contributed by atoms with E-state index in [0.717, 1.165) is 43.3 Å². The molecule has 0 spiro atoms. The van der Waals surface area contributed by atoms with Gasteiger partial charge in [-0.05, 0) is 36.5 Å². The molecule has 2 aromatic rings. The second-order valence-corrected chi connectivity index (χ2v) is 6.50. The lowest BCUT2D eigenvalue weighted by atomic mass is 10.2. The van der Waals surface area contributed by atoms with E-state index < -0.39 is 0 Å². The number of rotatable bonds is 5. The van der Waals surface area contributed by atoms with Crippen molar-refractivity contribution in [2.45, 2.75) is 0 Å². The third-order valence-electron chi connectivity index (χ3n) is 4.64. The maximum atomic E-state index is 5.62. The molecule has 1 fully saturated rings. The number of ether oxygens (including phenoxy) is 3. The Hall–Kier alpha value is -2.67. The predicted octanol–water partition coefficient (Wildman–Crippen LogP) is 3.23. The highest BCUT2D eigenvalue weighted by Gasteiger charge is 2.22.